The molecule has 3 aromatic rings. The monoisotopic (exact) mass is 444 g/mol. The zero-order chi connectivity index (χ0) is 22.8. The van der Waals surface area contributed by atoms with Gasteiger partial charge >= 0.3 is 0 Å². The molecule has 3 N–H and O–H groups in total. The lowest BCUT2D eigenvalue weighted by Crippen LogP contribution is -2.29. The van der Waals surface area contributed by atoms with Gasteiger partial charge < -0.3 is 16.0 Å². The lowest BCUT2D eigenvalue weighted by molar-refractivity contribution is 0.102. The van der Waals surface area contributed by atoms with E-state index < -0.39 is 34.6 Å². The summed E-state index contributed by atoms with van der Waals surface area (Å²) in [5, 5.41) is 6.98. The van der Waals surface area contributed by atoms with Crippen molar-refractivity contribution < 1.29 is 18.0 Å². The summed E-state index contributed by atoms with van der Waals surface area (Å²) in [5.41, 5.74) is 5.15. The van der Waals surface area contributed by atoms with Crippen LogP contribution in [-0.4, -0.2) is 39.8 Å². The lowest BCUT2D eigenvalue weighted by atomic mass is 10.1. The highest BCUT2D eigenvalue weighted by atomic mass is 19.1. The fraction of sp³-hybridized carbons (Fsp3) is 0.318. The molecule has 1 amide bonds. The predicted molar refractivity (Wildman–Crippen MR) is 115 cm³/mol. The number of nitrogens with one attached hydrogen (secondary N) is 1. The van der Waals surface area contributed by atoms with Crippen LogP contribution in [0.2, 0.25) is 0 Å². The van der Waals surface area contributed by atoms with Crippen LogP contribution in [0, 0.1) is 17.5 Å². The SMILES string of the molecule is Cn1ncc(NC(=O)c2ccc(F)c(-c3c(F)cccc3F)n2)c1N1CCCC(N)CC1. The first-order valence-corrected chi connectivity index (χ1v) is 10.3. The summed E-state index contributed by atoms with van der Waals surface area (Å²) in [7, 11) is 1.77. The van der Waals surface area contributed by atoms with Gasteiger partial charge in [0, 0.05) is 26.2 Å². The number of carbonyl (C=O) groups excluding carboxylic acids is 1. The van der Waals surface area contributed by atoms with Gasteiger partial charge in [0.2, 0.25) is 0 Å². The third-order valence-corrected chi connectivity index (χ3v) is 5.51. The molecule has 4 rings (SSSR count). The summed E-state index contributed by atoms with van der Waals surface area (Å²) in [6.45, 7) is 1.48. The first-order valence-electron chi connectivity index (χ1n) is 10.3. The van der Waals surface area contributed by atoms with Crippen molar-refractivity contribution in [2.24, 2.45) is 12.8 Å². The van der Waals surface area contributed by atoms with Gasteiger partial charge in [0.25, 0.3) is 5.91 Å². The maximum Gasteiger partial charge on any atom is 0.274 e. The molecule has 1 unspecified atom stereocenters. The van der Waals surface area contributed by atoms with E-state index in [4.69, 9.17) is 5.73 Å². The summed E-state index contributed by atoms with van der Waals surface area (Å²) < 4.78 is 44.3. The molecule has 0 bridgehead atoms. The van der Waals surface area contributed by atoms with Crippen molar-refractivity contribution in [3.63, 3.8) is 0 Å². The number of aromatic nitrogens is 3. The van der Waals surface area contributed by atoms with Crippen molar-refractivity contribution in [2.75, 3.05) is 23.3 Å². The second-order valence-corrected chi connectivity index (χ2v) is 7.76. The number of carbonyl (C=O) groups is 1. The van der Waals surface area contributed by atoms with Gasteiger partial charge in [0.05, 0.1) is 11.8 Å². The van der Waals surface area contributed by atoms with E-state index in [1.807, 2.05) is 0 Å². The molecule has 0 radical (unpaired) electrons. The van der Waals surface area contributed by atoms with Crippen LogP contribution in [0.1, 0.15) is 29.8 Å². The lowest BCUT2D eigenvalue weighted by Gasteiger charge is -2.24. The van der Waals surface area contributed by atoms with Crippen molar-refractivity contribution in [2.45, 2.75) is 25.3 Å². The normalized spacial score (nSPS) is 16.7. The number of benzene rings is 1. The predicted octanol–water partition coefficient (Wildman–Crippen LogP) is 3.47. The summed E-state index contributed by atoms with van der Waals surface area (Å²) in [6, 6.07) is 5.43. The molecule has 10 heteroatoms. The van der Waals surface area contributed by atoms with Crippen molar-refractivity contribution in [1.29, 1.82) is 0 Å². The zero-order valence-electron chi connectivity index (χ0n) is 17.5. The van der Waals surface area contributed by atoms with Crippen LogP contribution >= 0.6 is 0 Å². The Hall–Kier alpha value is -3.40. The largest absolute Gasteiger partial charge is 0.355 e. The highest BCUT2D eigenvalue weighted by molar-refractivity contribution is 6.04. The average molecular weight is 444 g/mol. The van der Waals surface area contributed by atoms with Crippen molar-refractivity contribution in [3.8, 4) is 11.3 Å². The van der Waals surface area contributed by atoms with E-state index in [9.17, 15) is 18.0 Å². The molecule has 2 aromatic heterocycles. The maximum absolute atomic E-state index is 14.3. The number of nitrogens with zero attached hydrogens (tertiary/aromatic N) is 4. The Morgan fingerprint density at radius 1 is 1.09 bits per heavy atom. The van der Waals surface area contributed by atoms with Crippen molar-refractivity contribution in [1.82, 2.24) is 14.8 Å². The molecule has 1 aliphatic heterocycles. The molecule has 0 aliphatic carbocycles. The minimum absolute atomic E-state index is 0.131. The van der Waals surface area contributed by atoms with E-state index in [1.165, 1.54) is 12.3 Å². The van der Waals surface area contributed by atoms with Gasteiger partial charge in [-0.1, -0.05) is 6.07 Å². The van der Waals surface area contributed by atoms with Crippen LogP contribution in [0.15, 0.2) is 36.5 Å². The Bertz CT molecular complexity index is 1130. The van der Waals surface area contributed by atoms with Crippen LogP contribution in [0.25, 0.3) is 11.3 Å². The molecule has 1 fully saturated rings. The smallest absolute Gasteiger partial charge is 0.274 e. The van der Waals surface area contributed by atoms with Crippen molar-refractivity contribution >= 4 is 17.4 Å². The number of hydrogen-bond donors (Lipinski definition) is 2. The number of amides is 1. The Kier molecular flexibility index (Phi) is 6.13. The molecular weight excluding hydrogens is 421 g/mol. The molecule has 0 spiro atoms. The second-order valence-electron chi connectivity index (χ2n) is 7.76. The first-order chi connectivity index (χ1) is 15.3. The van der Waals surface area contributed by atoms with Crippen LogP contribution < -0.4 is 16.0 Å². The van der Waals surface area contributed by atoms with E-state index in [0.717, 1.165) is 62.4 Å². The first kappa shape index (κ1) is 21.8. The summed E-state index contributed by atoms with van der Waals surface area (Å²) >= 11 is 0. The number of aryl methyl sites for hydroxylation is 1. The van der Waals surface area contributed by atoms with Gasteiger partial charge in [-0.15, -0.1) is 0 Å². The van der Waals surface area contributed by atoms with Crippen LogP contribution in [0.5, 0.6) is 0 Å². The number of halogens is 3. The summed E-state index contributed by atoms with van der Waals surface area (Å²) in [5.74, 6) is -2.81. The Labute approximate surface area is 183 Å². The van der Waals surface area contributed by atoms with E-state index in [-0.39, 0.29) is 11.7 Å². The van der Waals surface area contributed by atoms with E-state index in [0.29, 0.717) is 5.69 Å². The third kappa shape index (κ3) is 4.31. The van der Waals surface area contributed by atoms with Gasteiger partial charge in [-0.3, -0.25) is 9.48 Å². The molecule has 32 heavy (non-hydrogen) atoms. The van der Waals surface area contributed by atoms with Gasteiger partial charge in [0.1, 0.15) is 34.5 Å². The standard InChI is InChI=1S/C22H23F3N6O/c1-30-22(31-10-3-4-13(26)9-11-31)18(12-27-30)29-21(32)17-8-7-16(25)20(28-17)19-14(23)5-2-6-15(19)24/h2,5-8,12-13H,3-4,9-11,26H2,1H3,(H,29,32). The molecule has 168 valence electrons. The van der Waals surface area contributed by atoms with Crippen LogP contribution in [0.3, 0.4) is 0 Å². The molecule has 0 saturated carbocycles. The van der Waals surface area contributed by atoms with Crippen LogP contribution in [-0.2, 0) is 7.05 Å². The van der Waals surface area contributed by atoms with Gasteiger partial charge in [0.15, 0.2) is 5.82 Å². The number of hydrogen-bond acceptors (Lipinski definition) is 5. The number of nitrogens with two attached hydrogens (primary N) is 1. The van der Waals surface area contributed by atoms with Crippen molar-refractivity contribution in [3.05, 3.63) is 59.7 Å². The Morgan fingerprint density at radius 2 is 1.84 bits per heavy atom. The topological polar surface area (TPSA) is 89.1 Å². The van der Waals surface area contributed by atoms with Crippen LogP contribution in [0.4, 0.5) is 24.7 Å². The molecular formula is C22H23F3N6O. The molecule has 3 heterocycles. The fourth-order valence-electron chi connectivity index (χ4n) is 3.88. The number of rotatable bonds is 4. The minimum Gasteiger partial charge on any atom is -0.355 e. The highest BCUT2D eigenvalue weighted by Gasteiger charge is 2.23. The molecule has 1 aliphatic rings. The highest BCUT2D eigenvalue weighted by Crippen LogP contribution is 2.29. The van der Waals surface area contributed by atoms with E-state index in [2.05, 4.69) is 20.3 Å². The average Bonchev–Trinajstić information content (AvgIpc) is 2.97. The molecule has 1 aromatic carbocycles. The molecule has 1 atom stereocenters. The van der Waals surface area contributed by atoms with Gasteiger partial charge in [-0.05, 0) is 43.5 Å². The zero-order valence-corrected chi connectivity index (χ0v) is 17.5. The summed E-state index contributed by atoms with van der Waals surface area (Å²) in [4.78, 5) is 18.9. The van der Waals surface area contributed by atoms with Gasteiger partial charge in [-0.25, -0.2) is 18.2 Å². The maximum atomic E-state index is 14.3. The van der Waals surface area contributed by atoms with E-state index in [1.54, 1.807) is 11.7 Å². The number of pyridine rings is 1. The second kappa shape index (κ2) is 8.99. The minimum atomic E-state index is -0.970. The molecule has 7 nitrogen and oxygen atoms in total. The Morgan fingerprint density at radius 3 is 2.59 bits per heavy atom. The van der Waals surface area contributed by atoms with Gasteiger partial charge in [-0.2, -0.15) is 5.10 Å². The number of anilines is 2. The van der Waals surface area contributed by atoms with E-state index >= 15 is 0 Å². The third-order valence-electron chi connectivity index (χ3n) is 5.51. The quantitative estimate of drug-likeness (QED) is 0.643. The molecule has 1 saturated heterocycles. The Balaban J connectivity index is 1.62. The fourth-order valence-corrected chi connectivity index (χ4v) is 3.88. The summed E-state index contributed by atoms with van der Waals surface area (Å²) in [6.07, 6.45) is 4.16.